The van der Waals surface area contributed by atoms with Crippen LogP contribution in [0.2, 0.25) is 0 Å². The topological polar surface area (TPSA) is 20.3 Å². The van der Waals surface area contributed by atoms with Crippen molar-refractivity contribution in [3.63, 3.8) is 0 Å². The smallest absolute Gasteiger partial charge is 0.162 e. The Morgan fingerprint density at radius 3 is 2.09 bits per heavy atom. The van der Waals surface area contributed by atoms with Crippen molar-refractivity contribution in [2.24, 2.45) is 5.92 Å². The van der Waals surface area contributed by atoms with E-state index < -0.39 is 0 Å². The number of hydrogen-bond acceptors (Lipinski definition) is 2. The van der Waals surface area contributed by atoms with E-state index in [9.17, 15) is 4.79 Å². The Labute approximate surface area is 68.9 Å². The second kappa shape index (κ2) is 4.16. The molecule has 0 atom stereocenters. The maximum atomic E-state index is 11.3. The summed E-state index contributed by atoms with van der Waals surface area (Å²) >= 11 is 0. The Morgan fingerprint density at radius 2 is 1.82 bits per heavy atom. The second-order valence-electron chi connectivity index (χ2n) is 3.29. The van der Waals surface area contributed by atoms with Crippen LogP contribution in [0.25, 0.3) is 0 Å². The van der Waals surface area contributed by atoms with Crippen molar-refractivity contribution in [1.29, 1.82) is 0 Å². The van der Waals surface area contributed by atoms with Crippen LogP contribution in [0.4, 0.5) is 0 Å². The summed E-state index contributed by atoms with van der Waals surface area (Å²) in [5, 5.41) is 0. The molecule has 0 rings (SSSR count). The molecule has 0 aromatic heterocycles. The summed E-state index contributed by atoms with van der Waals surface area (Å²) in [7, 11) is 3.83. The number of Topliss-reactive ketones (excluding diaryl/α,β-unsaturated/α-hetero) is 1. The van der Waals surface area contributed by atoms with Gasteiger partial charge in [0.05, 0.1) is 0 Å². The highest BCUT2D eigenvalue weighted by atomic mass is 16.1. The molecular formula is C9H17NO. The summed E-state index contributed by atoms with van der Waals surface area (Å²) in [6.07, 6.45) is 1.85. The van der Waals surface area contributed by atoms with Crippen LogP contribution in [0.15, 0.2) is 11.8 Å². The van der Waals surface area contributed by atoms with Crippen molar-refractivity contribution in [1.82, 2.24) is 4.90 Å². The first-order valence-electron chi connectivity index (χ1n) is 3.84. The van der Waals surface area contributed by atoms with Crippen LogP contribution in [0.3, 0.4) is 0 Å². The van der Waals surface area contributed by atoms with Crippen molar-refractivity contribution in [2.75, 3.05) is 14.1 Å². The third kappa shape index (κ3) is 3.81. The lowest BCUT2D eigenvalue weighted by Crippen LogP contribution is -2.11. The van der Waals surface area contributed by atoms with Crippen molar-refractivity contribution in [3.8, 4) is 0 Å². The van der Waals surface area contributed by atoms with Crippen molar-refractivity contribution >= 4 is 5.78 Å². The molecule has 0 amide bonds. The van der Waals surface area contributed by atoms with Gasteiger partial charge < -0.3 is 4.90 Å². The second-order valence-corrected chi connectivity index (χ2v) is 3.29. The van der Waals surface area contributed by atoms with Gasteiger partial charge in [-0.1, -0.05) is 13.8 Å². The Kier molecular flexibility index (Phi) is 3.86. The monoisotopic (exact) mass is 155 g/mol. The molecule has 0 N–H and O–H groups in total. The highest BCUT2D eigenvalue weighted by molar-refractivity contribution is 5.95. The number of ketones is 1. The van der Waals surface area contributed by atoms with Gasteiger partial charge in [0.15, 0.2) is 5.78 Å². The van der Waals surface area contributed by atoms with Crippen molar-refractivity contribution in [2.45, 2.75) is 20.8 Å². The van der Waals surface area contributed by atoms with Gasteiger partial charge in [0.2, 0.25) is 0 Å². The SMILES string of the molecule is C/C(=C\N(C)C)C(=O)C(C)C. The molecule has 0 aromatic rings. The third-order valence-electron chi connectivity index (χ3n) is 1.36. The lowest BCUT2D eigenvalue weighted by atomic mass is 10.0. The van der Waals surface area contributed by atoms with Gasteiger partial charge >= 0.3 is 0 Å². The van der Waals surface area contributed by atoms with Crippen LogP contribution in [0.1, 0.15) is 20.8 Å². The lowest BCUT2D eigenvalue weighted by molar-refractivity contribution is -0.118. The van der Waals surface area contributed by atoms with Crippen LogP contribution in [-0.4, -0.2) is 24.8 Å². The average molecular weight is 155 g/mol. The number of hydrogen-bond donors (Lipinski definition) is 0. The standard InChI is InChI=1S/C9H17NO/c1-7(2)9(11)8(3)6-10(4)5/h6-7H,1-5H3/b8-6+. The number of carbonyl (C=O) groups is 1. The minimum atomic E-state index is 0.103. The molecule has 0 heterocycles. The molecule has 11 heavy (non-hydrogen) atoms. The van der Waals surface area contributed by atoms with Gasteiger partial charge in [0, 0.05) is 31.8 Å². The summed E-state index contributed by atoms with van der Waals surface area (Å²) in [5.41, 5.74) is 0.824. The zero-order valence-electron chi connectivity index (χ0n) is 8.01. The molecule has 2 nitrogen and oxygen atoms in total. The maximum Gasteiger partial charge on any atom is 0.162 e. The largest absolute Gasteiger partial charge is 0.383 e. The molecule has 0 bridgehead atoms. The van der Waals surface area contributed by atoms with E-state index in [0.717, 1.165) is 5.57 Å². The third-order valence-corrected chi connectivity index (χ3v) is 1.36. The first-order chi connectivity index (χ1) is 4.95. The Bertz CT molecular complexity index is 168. The minimum absolute atomic E-state index is 0.103. The van der Waals surface area contributed by atoms with E-state index in [1.807, 2.05) is 46.0 Å². The van der Waals surface area contributed by atoms with Gasteiger partial charge in [-0.05, 0) is 6.92 Å². The van der Waals surface area contributed by atoms with Crippen LogP contribution < -0.4 is 0 Å². The zero-order chi connectivity index (χ0) is 9.02. The molecule has 0 aliphatic carbocycles. The molecule has 0 saturated heterocycles. The molecule has 0 fully saturated rings. The van der Waals surface area contributed by atoms with Gasteiger partial charge in [-0.3, -0.25) is 4.79 Å². The Morgan fingerprint density at radius 1 is 1.36 bits per heavy atom. The summed E-state index contributed by atoms with van der Waals surface area (Å²) in [6, 6.07) is 0. The molecule has 0 radical (unpaired) electrons. The maximum absolute atomic E-state index is 11.3. The Hall–Kier alpha value is -0.790. The number of nitrogens with zero attached hydrogens (tertiary/aromatic N) is 1. The normalized spacial score (nSPS) is 12.0. The highest BCUT2D eigenvalue weighted by Gasteiger charge is 2.08. The average Bonchev–Trinajstić information content (AvgIpc) is 1.84. The summed E-state index contributed by atoms with van der Waals surface area (Å²) in [5.74, 6) is 0.324. The van der Waals surface area contributed by atoms with E-state index in [1.165, 1.54) is 0 Å². The molecule has 2 heteroatoms. The summed E-state index contributed by atoms with van der Waals surface area (Å²) in [4.78, 5) is 13.2. The summed E-state index contributed by atoms with van der Waals surface area (Å²) < 4.78 is 0. The molecule has 0 aliphatic heterocycles. The fourth-order valence-corrected chi connectivity index (χ4v) is 0.906. The van der Waals surface area contributed by atoms with Crippen LogP contribution in [-0.2, 0) is 4.79 Å². The van der Waals surface area contributed by atoms with Crippen LogP contribution >= 0.6 is 0 Å². The van der Waals surface area contributed by atoms with Crippen LogP contribution in [0.5, 0.6) is 0 Å². The predicted octanol–water partition coefficient (Wildman–Crippen LogP) is 1.68. The highest BCUT2D eigenvalue weighted by Crippen LogP contribution is 2.04. The predicted molar refractivity (Wildman–Crippen MR) is 47.3 cm³/mol. The van der Waals surface area contributed by atoms with Crippen molar-refractivity contribution in [3.05, 3.63) is 11.8 Å². The van der Waals surface area contributed by atoms with E-state index in [1.54, 1.807) is 0 Å². The molecule has 64 valence electrons. The van der Waals surface area contributed by atoms with E-state index >= 15 is 0 Å². The number of allylic oxidation sites excluding steroid dienone is 1. The van der Waals surface area contributed by atoms with E-state index in [2.05, 4.69) is 0 Å². The first-order valence-corrected chi connectivity index (χ1v) is 3.84. The molecule has 0 unspecified atom stereocenters. The number of carbonyl (C=O) groups excluding carboxylic acids is 1. The van der Waals surface area contributed by atoms with Gasteiger partial charge in [-0.25, -0.2) is 0 Å². The fourth-order valence-electron chi connectivity index (χ4n) is 0.906. The molecule has 0 aromatic carbocycles. The van der Waals surface area contributed by atoms with Crippen LogP contribution in [0, 0.1) is 5.92 Å². The van der Waals surface area contributed by atoms with E-state index in [-0.39, 0.29) is 11.7 Å². The molecule has 0 saturated carbocycles. The molecular weight excluding hydrogens is 138 g/mol. The Balaban J connectivity index is 4.24. The van der Waals surface area contributed by atoms with Gasteiger partial charge in [0.25, 0.3) is 0 Å². The van der Waals surface area contributed by atoms with Gasteiger partial charge in [0.1, 0.15) is 0 Å². The quantitative estimate of drug-likeness (QED) is 0.578. The minimum Gasteiger partial charge on any atom is -0.383 e. The van der Waals surface area contributed by atoms with Crippen molar-refractivity contribution < 1.29 is 4.79 Å². The van der Waals surface area contributed by atoms with E-state index in [0.29, 0.717) is 0 Å². The first kappa shape index (κ1) is 10.2. The lowest BCUT2D eigenvalue weighted by Gasteiger charge is -2.08. The molecule has 0 spiro atoms. The van der Waals surface area contributed by atoms with Gasteiger partial charge in [-0.15, -0.1) is 0 Å². The van der Waals surface area contributed by atoms with Gasteiger partial charge in [-0.2, -0.15) is 0 Å². The zero-order valence-corrected chi connectivity index (χ0v) is 8.01. The van der Waals surface area contributed by atoms with E-state index in [4.69, 9.17) is 0 Å². The molecule has 0 aliphatic rings. The number of rotatable bonds is 3. The fraction of sp³-hybridized carbons (Fsp3) is 0.667. The summed E-state index contributed by atoms with van der Waals surface area (Å²) in [6.45, 7) is 5.67.